The van der Waals surface area contributed by atoms with Gasteiger partial charge in [-0.3, -0.25) is 4.79 Å². The van der Waals surface area contributed by atoms with E-state index in [1.54, 1.807) is 13.8 Å². The highest BCUT2D eigenvalue weighted by atomic mass is 16.7. The second-order valence-electron chi connectivity index (χ2n) is 7.82. The minimum atomic E-state index is -0.695. The third-order valence-corrected chi connectivity index (χ3v) is 4.74. The summed E-state index contributed by atoms with van der Waals surface area (Å²) in [6, 6.07) is 7.55. The number of ether oxygens (including phenoxy) is 2. The molecule has 1 aromatic rings. The fourth-order valence-electron chi connectivity index (χ4n) is 2.30. The van der Waals surface area contributed by atoms with Crippen LogP contribution in [-0.2, 0) is 18.8 Å². The molecule has 146 valence electrons. The van der Waals surface area contributed by atoms with E-state index in [1.165, 1.54) is 7.11 Å². The topological polar surface area (TPSA) is 54.0 Å². The van der Waals surface area contributed by atoms with Gasteiger partial charge in [-0.2, -0.15) is 0 Å². The average molecular weight is 364 g/mol. The van der Waals surface area contributed by atoms with Crippen molar-refractivity contribution in [3.63, 3.8) is 0 Å². The molecular weight excluding hydrogens is 331 g/mol. The van der Waals surface area contributed by atoms with Crippen molar-refractivity contribution in [2.45, 2.75) is 66.6 Å². The molecule has 0 bridgehead atoms. The Morgan fingerprint density at radius 2 is 1.50 bits per heavy atom. The first-order valence-electron chi connectivity index (χ1n) is 9.15. The molecule has 0 N–H and O–H groups in total. The molecule has 5 nitrogen and oxygen atoms in total. The molecule has 1 aliphatic heterocycles. The summed E-state index contributed by atoms with van der Waals surface area (Å²) in [6.45, 7) is 15.9. The van der Waals surface area contributed by atoms with Crippen LogP contribution in [0.25, 0.3) is 0 Å². The van der Waals surface area contributed by atoms with Gasteiger partial charge in [0.15, 0.2) is 0 Å². The van der Waals surface area contributed by atoms with Crippen LogP contribution in [0.2, 0.25) is 0 Å². The molecule has 0 aliphatic carbocycles. The molecule has 26 heavy (non-hydrogen) atoms. The van der Waals surface area contributed by atoms with Crippen molar-refractivity contribution in [3.05, 3.63) is 24.3 Å². The molecule has 0 aromatic heterocycles. The Kier molecular flexibility index (Phi) is 7.31. The van der Waals surface area contributed by atoms with Crippen molar-refractivity contribution in [1.82, 2.24) is 0 Å². The molecule has 1 heterocycles. The lowest BCUT2D eigenvalue weighted by Crippen LogP contribution is -2.41. The summed E-state index contributed by atoms with van der Waals surface area (Å²) in [6.07, 6.45) is 0. The largest absolute Gasteiger partial charge is 0.494 e. The van der Waals surface area contributed by atoms with E-state index in [1.807, 2.05) is 65.8 Å². The van der Waals surface area contributed by atoms with Gasteiger partial charge in [-0.05, 0) is 59.1 Å². The van der Waals surface area contributed by atoms with Gasteiger partial charge in [-0.15, -0.1) is 0 Å². The zero-order valence-corrected chi connectivity index (χ0v) is 17.6. The summed E-state index contributed by atoms with van der Waals surface area (Å²) in [5, 5.41) is 0. The maximum atomic E-state index is 11.7. The number of methoxy groups -OCH3 is 1. The second-order valence-corrected chi connectivity index (χ2v) is 7.82. The van der Waals surface area contributed by atoms with Gasteiger partial charge in [-0.25, -0.2) is 0 Å². The van der Waals surface area contributed by atoms with Crippen LogP contribution in [-0.4, -0.2) is 38.0 Å². The monoisotopic (exact) mass is 364 g/mol. The van der Waals surface area contributed by atoms with Crippen LogP contribution in [0.1, 0.15) is 55.4 Å². The summed E-state index contributed by atoms with van der Waals surface area (Å²) in [7, 11) is 0.985. The first-order valence-corrected chi connectivity index (χ1v) is 9.15. The fourth-order valence-corrected chi connectivity index (χ4v) is 2.30. The molecule has 0 radical (unpaired) electrons. The van der Waals surface area contributed by atoms with Crippen LogP contribution < -0.4 is 10.2 Å². The predicted molar refractivity (Wildman–Crippen MR) is 105 cm³/mol. The Balaban J connectivity index is 0.00000163. The second kappa shape index (κ2) is 8.44. The minimum Gasteiger partial charge on any atom is -0.492 e. The van der Waals surface area contributed by atoms with Crippen molar-refractivity contribution >= 4 is 18.6 Å². The molecule has 1 fully saturated rings. The normalized spacial score (nSPS) is 18.0. The van der Waals surface area contributed by atoms with E-state index in [-0.39, 0.29) is 23.8 Å². The van der Waals surface area contributed by atoms with Crippen LogP contribution in [0, 0.1) is 5.41 Å². The highest BCUT2D eigenvalue weighted by Crippen LogP contribution is 2.36. The van der Waals surface area contributed by atoms with Gasteiger partial charge in [0.2, 0.25) is 0 Å². The highest BCUT2D eigenvalue weighted by Gasteiger charge is 2.51. The van der Waals surface area contributed by atoms with E-state index in [2.05, 4.69) is 0 Å². The maximum absolute atomic E-state index is 11.7. The van der Waals surface area contributed by atoms with Gasteiger partial charge >= 0.3 is 13.1 Å². The standard InChI is InChI=1S/C18H27BO5.C2H6/c1-16(2,15(20)21-7)12-22-14-10-8-13(9-11-14)19-23-17(3,4)18(5,6)24-19;1-2/h8-11H,12H2,1-7H3;1-2H3. The number of carbonyl (C=O) groups is 1. The predicted octanol–water partition coefficient (Wildman–Crippen LogP) is 3.59. The van der Waals surface area contributed by atoms with Crippen molar-refractivity contribution in [3.8, 4) is 5.75 Å². The number of carbonyl (C=O) groups excluding carboxylic acids is 1. The lowest BCUT2D eigenvalue weighted by atomic mass is 9.79. The number of hydrogen-bond acceptors (Lipinski definition) is 5. The molecule has 0 unspecified atom stereocenters. The van der Waals surface area contributed by atoms with Crippen LogP contribution in [0.5, 0.6) is 5.75 Å². The van der Waals surface area contributed by atoms with Gasteiger partial charge in [0.1, 0.15) is 12.4 Å². The van der Waals surface area contributed by atoms with Crippen molar-refractivity contribution in [2.75, 3.05) is 13.7 Å². The molecule has 0 spiro atoms. The quantitative estimate of drug-likeness (QED) is 0.590. The first-order chi connectivity index (χ1) is 12.0. The summed E-state index contributed by atoms with van der Waals surface area (Å²) in [4.78, 5) is 11.7. The van der Waals surface area contributed by atoms with E-state index in [0.29, 0.717) is 5.75 Å². The van der Waals surface area contributed by atoms with Crippen LogP contribution in [0.3, 0.4) is 0 Å². The molecule has 1 aromatic carbocycles. The van der Waals surface area contributed by atoms with Gasteiger partial charge in [-0.1, -0.05) is 26.0 Å². The van der Waals surface area contributed by atoms with E-state index in [0.717, 1.165) is 5.46 Å². The maximum Gasteiger partial charge on any atom is 0.494 e. The van der Waals surface area contributed by atoms with Crippen LogP contribution in [0.15, 0.2) is 24.3 Å². The van der Waals surface area contributed by atoms with Crippen molar-refractivity contribution < 1.29 is 23.6 Å². The summed E-state index contributed by atoms with van der Waals surface area (Å²) >= 11 is 0. The van der Waals surface area contributed by atoms with E-state index in [9.17, 15) is 4.79 Å². The smallest absolute Gasteiger partial charge is 0.492 e. The van der Waals surface area contributed by atoms with Gasteiger partial charge < -0.3 is 18.8 Å². The van der Waals surface area contributed by atoms with E-state index < -0.39 is 12.5 Å². The zero-order chi connectivity index (χ0) is 20.2. The van der Waals surface area contributed by atoms with Gasteiger partial charge in [0.05, 0.1) is 23.7 Å². The Morgan fingerprint density at radius 1 is 1.04 bits per heavy atom. The van der Waals surface area contributed by atoms with Crippen LogP contribution in [0.4, 0.5) is 0 Å². The summed E-state index contributed by atoms with van der Waals surface area (Å²) in [5.41, 5.74) is -0.485. The molecule has 6 heteroatoms. The molecular formula is C20H33BO5. The van der Waals surface area contributed by atoms with Crippen molar-refractivity contribution in [1.29, 1.82) is 0 Å². The average Bonchev–Trinajstić information content (AvgIpc) is 2.82. The lowest BCUT2D eigenvalue weighted by Gasteiger charge is -2.32. The van der Waals surface area contributed by atoms with Gasteiger partial charge in [0, 0.05) is 0 Å². The Labute approximate surface area is 158 Å². The third kappa shape index (κ3) is 5.01. The molecule has 0 amide bonds. The summed E-state index contributed by atoms with van der Waals surface area (Å²) < 4.78 is 22.5. The number of benzene rings is 1. The van der Waals surface area contributed by atoms with Gasteiger partial charge in [0.25, 0.3) is 0 Å². The van der Waals surface area contributed by atoms with Crippen LogP contribution >= 0.6 is 0 Å². The van der Waals surface area contributed by atoms with E-state index >= 15 is 0 Å². The number of esters is 1. The molecule has 0 atom stereocenters. The first kappa shape index (κ1) is 22.5. The van der Waals surface area contributed by atoms with Crippen molar-refractivity contribution in [2.24, 2.45) is 5.41 Å². The zero-order valence-electron chi connectivity index (χ0n) is 17.6. The Bertz CT molecular complexity index is 577. The lowest BCUT2D eigenvalue weighted by molar-refractivity contribution is -0.152. The SMILES string of the molecule is CC.COC(=O)C(C)(C)COc1ccc(B2OC(C)(C)C(C)(C)O2)cc1. The molecule has 2 rings (SSSR count). The minimum absolute atomic E-state index is 0.246. The third-order valence-electron chi connectivity index (χ3n) is 4.74. The fraction of sp³-hybridized carbons (Fsp3) is 0.650. The number of hydrogen-bond donors (Lipinski definition) is 0. The Morgan fingerprint density at radius 3 is 1.92 bits per heavy atom. The summed E-state index contributed by atoms with van der Waals surface area (Å²) in [5.74, 6) is 0.392. The molecule has 1 saturated heterocycles. The van der Waals surface area contributed by atoms with E-state index in [4.69, 9.17) is 18.8 Å². The Hall–Kier alpha value is -1.53. The molecule has 0 saturated carbocycles. The highest BCUT2D eigenvalue weighted by molar-refractivity contribution is 6.62. The molecule has 1 aliphatic rings. The number of rotatable bonds is 5.